The number of hydrogen-bond donors (Lipinski definition) is 2. The highest BCUT2D eigenvalue weighted by Crippen LogP contribution is 2.27. The number of halogens is 2. The number of Topliss-reactive ketones (excluding diaryl/α,β-unsaturated/α-hetero) is 1. The maximum Gasteiger partial charge on any atom is 0.182 e. The summed E-state index contributed by atoms with van der Waals surface area (Å²) < 4.78 is 18.3. The SMILES string of the molecule is O=C(Cc1nonc1C(=Nc1ccc(F)c(Br)c1)NO)C1CCCC1. The molecule has 0 radical (unpaired) electrons. The lowest BCUT2D eigenvalue weighted by atomic mass is 9.98. The third kappa shape index (κ3) is 4.10. The van der Waals surface area contributed by atoms with Crippen LogP contribution in [0.3, 0.4) is 0 Å². The van der Waals surface area contributed by atoms with Gasteiger partial charge in [0.25, 0.3) is 0 Å². The predicted molar refractivity (Wildman–Crippen MR) is 90.2 cm³/mol. The molecular weight excluding hydrogens is 395 g/mol. The number of carbonyl (C=O) groups is 1. The van der Waals surface area contributed by atoms with Gasteiger partial charge in [-0.3, -0.25) is 15.5 Å². The lowest BCUT2D eigenvalue weighted by Gasteiger charge is -2.07. The van der Waals surface area contributed by atoms with Gasteiger partial charge in [-0.25, -0.2) is 14.0 Å². The summed E-state index contributed by atoms with van der Waals surface area (Å²) in [6.45, 7) is 0. The van der Waals surface area contributed by atoms with Crippen molar-refractivity contribution in [1.29, 1.82) is 0 Å². The number of aliphatic imine (C=N–C) groups is 1. The van der Waals surface area contributed by atoms with E-state index in [1.165, 1.54) is 18.2 Å². The first-order valence-electron chi connectivity index (χ1n) is 7.87. The maximum absolute atomic E-state index is 13.3. The normalized spacial score (nSPS) is 15.6. The number of ketones is 1. The highest BCUT2D eigenvalue weighted by molar-refractivity contribution is 9.10. The summed E-state index contributed by atoms with van der Waals surface area (Å²) in [5.74, 6) is -0.339. The van der Waals surface area contributed by atoms with Gasteiger partial charge in [-0.15, -0.1) is 0 Å². The topological polar surface area (TPSA) is 101 Å². The van der Waals surface area contributed by atoms with E-state index >= 15 is 0 Å². The zero-order chi connectivity index (χ0) is 17.8. The molecule has 2 aromatic rings. The second-order valence-corrected chi connectivity index (χ2v) is 6.71. The van der Waals surface area contributed by atoms with Crippen molar-refractivity contribution in [2.75, 3.05) is 0 Å². The molecule has 0 saturated heterocycles. The third-order valence-electron chi connectivity index (χ3n) is 4.18. The number of aromatic nitrogens is 2. The van der Waals surface area contributed by atoms with Crippen LogP contribution < -0.4 is 5.48 Å². The number of nitrogens with one attached hydrogen (secondary N) is 1. The Balaban J connectivity index is 1.84. The minimum absolute atomic E-state index is 0.0334. The van der Waals surface area contributed by atoms with Crippen LogP contribution >= 0.6 is 15.9 Å². The Morgan fingerprint density at radius 1 is 1.40 bits per heavy atom. The van der Waals surface area contributed by atoms with Crippen molar-refractivity contribution in [1.82, 2.24) is 15.8 Å². The van der Waals surface area contributed by atoms with Gasteiger partial charge < -0.3 is 0 Å². The van der Waals surface area contributed by atoms with E-state index < -0.39 is 5.82 Å². The fourth-order valence-corrected chi connectivity index (χ4v) is 3.24. The second-order valence-electron chi connectivity index (χ2n) is 5.85. The third-order valence-corrected chi connectivity index (χ3v) is 4.79. The predicted octanol–water partition coefficient (Wildman–Crippen LogP) is 3.33. The summed E-state index contributed by atoms with van der Waals surface area (Å²) in [6, 6.07) is 4.13. The Bertz CT molecular complexity index is 802. The van der Waals surface area contributed by atoms with Crippen LogP contribution in [0, 0.1) is 11.7 Å². The maximum atomic E-state index is 13.3. The Morgan fingerprint density at radius 3 is 2.84 bits per heavy atom. The molecule has 7 nitrogen and oxygen atoms in total. The van der Waals surface area contributed by atoms with E-state index in [1.807, 2.05) is 5.48 Å². The van der Waals surface area contributed by atoms with Gasteiger partial charge in [-0.1, -0.05) is 18.0 Å². The average Bonchev–Trinajstić information content (AvgIpc) is 3.27. The summed E-state index contributed by atoms with van der Waals surface area (Å²) in [6.07, 6.45) is 3.97. The van der Waals surface area contributed by atoms with Crippen LogP contribution in [0.4, 0.5) is 10.1 Å². The van der Waals surface area contributed by atoms with Gasteiger partial charge in [0, 0.05) is 5.92 Å². The molecule has 132 valence electrons. The van der Waals surface area contributed by atoms with Crippen molar-refractivity contribution in [3.8, 4) is 0 Å². The number of amidine groups is 1. The summed E-state index contributed by atoms with van der Waals surface area (Å²) in [5, 5.41) is 16.9. The number of hydroxylamine groups is 1. The van der Waals surface area contributed by atoms with Gasteiger partial charge in [0.2, 0.25) is 0 Å². The van der Waals surface area contributed by atoms with E-state index in [0.717, 1.165) is 25.7 Å². The zero-order valence-electron chi connectivity index (χ0n) is 13.2. The molecule has 0 aliphatic heterocycles. The lowest BCUT2D eigenvalue weighted by Crippen LogP contribution is -2.23. The van der Waals surface area contributed by atoms with Crippen molar-refractivity contribution in [3.05, 3.63) is 39.9 Å². The molecule has 1 aliphatic rings. The van der Waals surface area contributed by atoms with Gasteiger partial charge >= 0.3 is 0 Å². The minimum atomic E-state index is -0.427. The first kappa shape index (κ1) is 17.7. The number of nitrogens with zero attached hydrogens (tertiary/aromatic N) is 3. The van der Waals surface area contributed by atoms with Crippen LogP contribution in [0.15, 0.2) is 32.3 Å². The van der Waals surface area contributed by atoms with Gasteiger partial charge in [0.05, 0.1) is 16.6 Å². The fourth-order valence-electron chi connectivity index (χ4n) is 2.87. The number of rotatable bonds is 5. The first-order valence-corrected chi connectivity index (χ1v) is 8.66. The molecule has 0 spiro atoms. The molecule has 1 heterocycles. The van der Waals surface area contributed by atoms with Crippen molar-refractivity contribution in [3.63, 3.8) is 0 Å². The van der Waals surface area contributed by atoms with Gasteiger partial charge in [-0.05, 0) is 52.1 Å². The molecule has 3 rings (SSSR count). The lowest BCUT2D eigenvalue weighted by molar-refractivity contribution is -0.122. The highest BCUT2D eigenvalue weighted by Gasteiger charge is 2.26. The van der Waals surface area contributed by atoms with Gasteiger partial charge in [-0.2, -0.15) is 0 Å². The van der Waals surface area contributed by atoms with Crippen LogP contribution in [0.5, 0.6) is 0 Å². The Hall–Kier alpha value is -2.13. The quantitative estimate of drug-likeness (QED) is 0.445. The highest BCUT2D eigenvalue weighted by atomic mass is 79.9. The van der Waals surface area contributed by atoms with Crippen molar-refractivity contribution >= 4 is 33.2 Å². The van der Waals surface area contributed by atoms with Crippen LogP contribution in [0.1, 0.15) is 37.1 Å². The minimum Gasteiger partial charge on any atom is -0.299 e. The van der Waals surface area contributed by atoms with Crippen LogP contribution in [0.2, 0.25) is 0 Å². The Morgan fingerprint density at radius 2 is 2.16 bits per heavy atom. The van der Waals surface area contributed by atoms with Gasteiger partial charge in [0.15, 0.2) is 11.5 Å². The molecule has 1 aromatic heterocycles. The molecule has 0 bridgehead atoms. The summed E-state index contributed by atoms with van der Waals surface area (Å²) in [5.41, 5.74) is 2.76. The molecule has 1 aromatic carbocycles. The van der Waals surface area contributed by atoms with Crippen molar-refractivity contribution in [2.24, 2.45) is 10.9 Å². The molecule has 9 heteroatoms. The molecule has 0 atom stereocenters. The van der Waals surface area contributed by atoms with E-state index in [9.17, 15) is 14.4 Å². The summed E-state index contributed by atoms with van der Waals surface area (Å²) >= 11 is 3.07. The fraction of sp³-hybridized carbons (Fsp3) is 0.375. The Labute approximate surface area is 151 Å². The first-order chi connectivity index (χ1) is 12.1. The van der Waals surface area contributed by atoms with Crippen LogP contribution in [-0.2, 0) is 11.2 Å². The molecule has 0 unspecified atom stereocenters. The average molecular weight is 411 g/mol. The monoisotopic (exact) mass is 410 g/mol. The second kappa shape index (κ2) is 7.83. The number of hydrogen-bond acceptors (Lipinski definition) is 6. The van der Waals surface area contributed by atoms with E-state index in [-0.39, 0.29) is 34.1 Å². The summed E-state index contributed by atoms with van der Waals surface area (Å²) in [4.78, 5) is 16.5. The van der Waals surface area contributed by atoms with Crippen LogP contribution in [-0.4, -0.2) is 27.1 Å². The Kier molecular flexibility index (Phi) is 5.54. The molecular formula is C16H16BrFN4O3. The van der Waals surface area contributed by atoms with Gasteiger partial charge in [0.1, 0.15) is 17.3 Å². The smallest absolute Gasteiger partial charge is 0.182 e. The van der Waals surface area contributed by atoms with Crippen LogP contribution in [0.25, 0.3) is 0 Å². The van der Waals surface area contributed by atoms with E-state index in [4.69, 9.17) is 4.63 Å². The molecule has 2 N–H and O–H groups in total. The van der Waals surface area contributed by atoms with Crippen molar-refractivity contribution in [2.45, 2.75) is 32.1 Å². The van der Waals surface area contributed by atoms with Crippen molar-refractivity contribution < 1.29 is 19.0 Å². The van der Waals surface area contributed by atoms with E-state index in [1.54, 1.807) is 0 Å². The zero-order valence-corrected chi connectivity index (χ0v) is 14.8. The standard InChI is InChI=1S/C16H16BrFN4O3/c17-11-7-10(5-6-12(11)18)19-16(20-24)15-13(21-25-22-15)8-14(23)9-3-1-2-4-9/h5-7,9,24H,1-4,8H2,(H,19,20). The molecule has 25 heavy (non-hydrogen) atoms. The largest absolute Gasteiger partial charge is 0.299 e. The van der Waals surface area contributed by atoms with E-state index in [2.05, 4.69) is 31.2 Å². The number of carbonyl (C=O) groups excluding carboxylic acids is 1. The molecule has 1 aliphatic carbocycles. The van der Waals surface area contributed by atoms with E-state index in [0.29, 0.717) is 11.4 Å². The molecule has 0 amide bonds. The summed E-state index contributed by atoms with van der Waals surface area (Å²) in [7, 11) is 0. The molecule has 1 saturated carbocycles. The number of benzene rings is 1. The molecule has 1 fully saturated rings.